The molecule has 0 amide bonds. The molecule has 0 rings (SSSR count). The Morgan fingerprint density at radius 3 is 1.65 bits per heavy atom. The fourth-order valence-corrected chi connectivity index (χ4v) is 5.43. The number of nitrogens with two attached hydrogens (primary N) is 1. The summed E-state index contributed by atoms with van der Waals surface area (Å²) >= 11 is 0. The van der Waals surface area contributed by atoms with Gasteiger partial charge in [0.25, 0.3) is 0 Å². The molecule has 0 aromatic rings. The number of hydrogen-bond donors (Lipinski definition) is 2. The maximum atomic E-state index is 12.5. The van der Waals surface area contributed by atoms with Crippen molar-refractivity contribution in [2.45, 2.75) is 148 Å². The molecule has 10 heteroatoms. The van der Waals surface area contributed by atoms with Crippen LogP contribution in [0.15, 0.2) is 60.8 Å². The largest absolute Gasteiger partial charge is 0.472 e. The van der Waals surface area contributed by atoms with Crippen LogP contribution in [-0.4, -0.2) is 49.3 Å². The normalized spacial score (nSPS) is 14.1. The SMILES string of the molecule is CCC=CCC=CCC=CCC=CCC=CCCCC(=O)OCC(COP(=O)(O)OCCN)OC(=O)CCCCCCCCCCCCC. The van der Waals surface area contributed by atoms with Crippen molar-refractivity contribution in [3.63, 3.8) is 0 Å². The van der Waals surface area contributed by atoms with E-state index in [-0.39, 0.29) is 32.6 Å². The van der Waals surface area contributed by atoms with E-state index in [1.165, 1.54) is 44.9 Å². The van der Waals surface area contributed by atoms with E-state index in [0.717, 1.165) is 57.8 Å². The highest BCUT2D eigenvalue weighted by Gasteiger charge is 2.25. The van der Waals surface area contributed by atoms with E-state index in [1.807, 2.05) is 6.08 Å². The van der Waals surface area contributed by atoms with Gasteiger partial charge in [-0.2, -0.15) is 0 Å². The van der Waals surface area contributed by atoms with E-state index < -0.39 is 32.5 Å². The summed E-state index contributed by atoms with van der Waals surface area (Å²) in [6.45, 7) is 3.52. The highest BCUT2D eigenvalue weighted by molar-refractivity contribution is 7.47. The Balaban J connectivity index is 4.33. The van der Waals surface area contributed by atoms with E-state index in [1.54, 1.807) is 0 Å². The fraction of sp³-hybridized carbons (Fsp3) is 0.692. The van der Waals surface area contributed by atoms with Gasteiger partial charge in [-0.25, -0.2) is 4.57 Å². The lowest BCUT2D eigenvalue weighted by Crippen LogP contribution is -2.29. The van der Waals surface area contributed by atoms with Crippen LogP contribution >= 0.6 is 7.82 Å². The van der Waals surface area contributed by atoms with Crippen molar-refractivity contribution in [1.82, 2.24) is 0 Å². The van der Waals surface area contributed by atoms with Gasteiger partial charge in [0, 0.05) is 19.4 Å². The minimum absolute atomic E-state index is 0.0442. The molecule has 0 bridgehead atoms. The second-order valence-corrected chi connectivity index (χ2v) is 13.5. The topological polar surface area (TPSA) is 134 Å². The zero-order valence-electron chi connectivity index (χ0n) is 30.7. The number of phosphoric ester groups is 1. The molecule has 0 heterocycles. The standard InChI is InChI=1S/C39H68NO8P/c1-3-5-7-9-11-13-15-16-17-18-19-20-22-23-25-27-29-31-38(41)45-35-37(36-47-49(43,44)46-34-33-40)48-39(42)32-30-28-26-24-21-14-12-10-8-6-4-2/h5,7,11,13,16-17,19-20,23,25,37H,3-4,6,8-10,12,14-15,18,21-22,24,26-36,40H2,1-2H3,(H,43,44). The van der Waals surface area contributed by atoms with Crippen molar-refractivity contribution in [2.75, 3.05) is 26.4 Å². The predicted molar refractivity (Wildman–Crippen MR) is 201 cm³/mol. The average Bonchev–Trinajstić information content (AvgIpc) is 3.08. The summed E-state index contributed by atoms with van der Waals surface area (Å²) in [7, 11) is -4.38. The summed E-state index contributed by atoms with van der Waals surface area (Å²) in [5.41, 5.74) is 5.32. The molecule has 0 radical (unpaired) electrons. The number of unbranched alkanes of at least 4 members (excludes halogenated alkanes) is 11. The maximum Gasteiger partial charge on any atom is 0.472 e. The minimum atomic E-state index is -4.38. The second-order valence-electron chi connectivity index (χ2n) is 12.1. The van der Waals surface area contributed by atoms with Crippen LogP contribution < -0.4 is 5.73 Å². The Bertz CT molecular complexity index is 992. The summed E-state index contributed by atoms with van der Waals surface area (Å²) in [4.78, 5) is 34.6. The van der Waals surface area contributed by atoms with Gasteiger partial charge in [-0.3, -0.25) is 18.6 Å². The molecule has 0 aromatic carbocycles. The Labute approximate surface area is 298 Å². The van der Waals surface area contributed by atoms with Gasteiger partial charge in [0.15, 0.2) is 6.10 Å². The van der Waals surface area contributed by atoms with Crippen molar-refractivity contribution in [1.29, 1.82) is 0 Å². The van der Waals surface area contributed by atoms with Crippen LogP contribution in [0.3, 0.4) is 0 Å². The van der Waals surface area contributed by atoms with Crippen LogP contribution in [0, 0.1) is 0 Å². The lowest BCUT2D eigenvalue weighted by Gasteiger charge is -2.19. The van der Waals surface area contributed by atoms with Gasteiger partial charge in [-0.15, -0.1) is 0 Å². The van der Waals surface area contributed by atoms with E-state index in [4.69, 9.17) is 24.3 Å². The monoisotopic (exact) mass is 709 g/mol. The van der Waals surface area contributed by atoms with Crippen molar-refractivity contribution in [3.05, 3.63) is 60.8 Å². The quantitative estimate of drug-likeness (QED) is 0.0290. The number of allylic oxidation sites excluding steroid dienone is 10. The lowest BCUT2D eigenvalue weighted by molar-refractivity contribution is -0.161. The number of rotatable bonds is 34. The number of hydrogen-bond acceptors (Lipinski definition) is 8. The predicted octanol–water partition coefficient (Wildman–Crippen LogP) is 10.2. The molecule has 0 spiro atoms. The maximum absolute atomic E-state index is 12.5. The molecule has 282 valence electrons. The van der Waals surface area contributed by atoms with Crippen molar-refractivity contribution < 1.29 is 37.6 Å². The number of ether oxygens (including phenoxy) is 2. The molecule has 2 unspecified atom stereocenters. The zero-order valence-corrected chi connectivity index (χ0v) is 31.5. The first-order valence-electron chi connectivity index (χ1n) is 18.8. The van der Waals surface area contributed by atoms with Crippen LogP contribution in [0.4, 0.5) is 0 Å². The molecule has 3 N–H and O–H groups in total. The summed E-state index contributed by atoms with van der Waals surface area (Å²) in [6, 6.07) is 0. The highest BCUT2D eigenvalue weighted by atomic mass is 31.2. The molecule has 0 saturated heterocycles. The van der Waals surface area contributed by atoms with Gasteiger partial charge >= 0.3 is 19.8 Å². The molecule has 9 nitrogen and oxygen atoms in total. The van der Waals surface area contributed by atoms with E-state index in [9.17, 15) is 19.0 Å². The number of esters is 2. The van der Waals surface area contributed by atoms with Gasteiger partial charge in [-0.05, 0) is 51.4 Å². The third-order valence-electron chi connectivity index (χ3n) is 7.42. The highest BCUT2D eigenvalue weighted by Crippen LogP contribution is 2.43. The van der Waals surface area contributed by atoms with E-state index in [0.29, 0.717) is 12.8 Å². The van der Waals surface area contributed by atoms with E-state index in [2.05, 4.69) is 68.5 Å². The van der Waals surface area contributed by atoms with Crippen LogP contribution in [0.25, 0.3) is 0 Å². The van der Waals surface area contributed by atoms with Gasteiger partial charge < -0.3 is 20.1 Å². The van der Waals surface area contributed by atoms with Crippen molar-refractivity contribution in [2.24, 2.45) is 5.73 Å². The molecule has 2 atom stereocenters. The van der Waals surface area contributed by atoms with Gasteiger partial charge in [0.1, 0.15) is 6.61 Å². The molecule has 0 saturated carbocycles. The molecule has 49 heavy (non-hydrogen) atoms. The van der Waals surface area contributed by atoms with Gasteiger partial charge in [-0.1, -0.05) is 139 Å². The Morgan fingerprint density at radius 1 is 0.633 bits per heavy atom. The first kappa shape index (κ1) is 46.7. The van der Waals surface area contributed by atoms with Crippen LogP contribution in [0.1, 0.15) is 142 Å². The van der Waals surface area contributed by atoms with Gasteiger partial charge in [0.05, 0.1) is 13.2 Å². The molecule has 0 aliphatic heterocycles. The molecule has 0 aliphatic carbocycles. The minimum Gasteiger partial charge on any atom is -0.462 e. The molecular weight excluding hydrogens is 641 g/mol. The summed E-state index contributed by atoms with van der Waals surface area (Å²) in [6.07, 6.45) is 39.7. The number of phosphoric acid groups is 1. The Hall–Kier alpha value is -2.29. The van der Waals surface area contributed by atoms with Crippen molar-refractivity contribution in [3.8, 4) is 0 Å². The Kier molecular flexibility index (Phi) is 33.9. The molecule has 0 fully saturated rings. The summed E-state index contributed by atoms with van der Waals surface area (Å²) in [5.74, 6) is -0.903. The summed E-state index contributed by atoms with van der Waals surface area (Å²) in [5, 5.41) is 0. The van der Waals surface area contributed by atoms with E-state index >= 15 is 0 Å². The zero-order chi connectivity index (χ0) is 36.1. The summed E-state index contributed by atoms with van der Waals surface area (Å²) < 4.78 is 32.5. The number of carbonyl (C=O) groups excluding carboxylic acids is 2. The van der Waals surface area contributed by atoms with Crippen LogP contribution in [0.5, 0.6) is 0 Å². The second kappa shape index (κ2) is 35.5. The van der Waals surface area contributed by atoms with Crippen LogP contribution in [0.2, 0.25) is 0 Å². The van der Waals surface area contributed by atoms with Crippen molar-refractivity contribution >= 4 is 19.8 Å². The lowest BCUT2D eigenvalue weighted by atomic mass is 10.1. The van der Waals surface area contributed by atoms with Gasteiger partial charge in [0.2, 0.25) is 0 Å². The average molecular weight is 710 g/mol. The third-order valence-corrected chi connectivity index (χ3v) is 8.40. The fourth-order valence-electron chi connectivity index (χ4n) is 4.67. The first-order chi connectivity index (χ1) is 23.8. The molecular formula is C39H68NO8P. The molecule has 0 aliphatic rings. The third kappa shape index (κ3) is 35.3. The van der Waals surface area contributed by atoms with Crippen LogP contribution in [-0.2, 0) is 32.7 Å². The Morgan fingerprint density at radius 2 is 1.12 bits per heavy atom. The molecule has 0 aromatic heterocycles. The number of carbonyl (C=O) groups is 2. The first-order valence-corrected chi connectivity index (χ1v) is 20.3. The smallest absolute Gasteiger partial charge is 0.462 e.